The van der Waals surface area contributed by atoms with Gasteiger partial charge in [0.15, 0.2) is 5.65 Å². The van der Waals surface area contributed by atoms with E-state index in [1.807, 2.05) is 29.9 Å². The standard InChI is InChI=1S/C44H55N9O4/c1-5-37-35(41(48-33-16-22-57-23-17-33)36-28-47-53(7-3)42(36)50-37)27-46-44(55)39-13-9-12-38(49-39)43(54)45-26-30-14-15-40(56-4)34(25-30)32-11-8-10-31(24-32)29-52-20-18-51(6-2)19-21-52/h8-15,24-25,28,33H,5-7,16-23,26-27,29H2,1-4H3,(H,45,54)(H,46,55)(H,48,50). The number of nitrogens with zero attached hydrogens (tertiary/aromatic N) is 6. The van der Waals surface area contributed by atoms with Gasteiger partial charge in [-0.1, -0.05) is 44.2 Å². The average molecular weight is 774 g/mol. The van der Waals surface area contributed by atoms with Crippen molar-refractivity contribution >= 4 is 28.5 Å². The molecule has 2 aliphatic rings. The number of fused-ring (bicyclic) bond motifs is 1. The smallest absolute Gasteiger partial charge is 0.270 e. The molecule has 2 amide bonds. The number of benzene rings is 2. The third kappa shape index (κ3) is 9.44. The molecule has 300 valence electrons. The van der Waals surface area contributed by atoms with Gasteiger partial charge in [-0.3, -0.25) is 14.5 Å². The molecule has 2 fully saturated rings. The largest absolute Gasteiger partial charge is 0.496 e. The lowest BCUT2D eigenvalue weighted by Crippen LogP contribution is -2.45. The van der Waals surface area contributed by atoms with E-state index in [9.17, 15) is 9.59 Å². The topological polar surface area (TPSA) is 139 Å². The van der Waals surface area contributed by atoms with Crippen LogP contribution in [0, 0.1) is 0 Å². The Kier molecular flexibility index (Phi) is 13.1. The van der Waals surface area contributed by atoms with E-state index in [4.69, 9.17) is 14.5 Å². The Morgan fingerprint density at radius 1 is 0.825 bits per heavy atom. The summed E-state index contributed by atoms with van der Waals surface area (Å²) in [7, 11) is 1.68. The molecule has 5 aromatic rings. The number of hydrogen-bond acceptors (Lipinski definition) is 10. The monoisotopic (exact) mass is 773 g/mol. The average Bonchev–Trinajstić information content (AvgIpc) is 3.68. The number of anilines is 1. The van der Waals surface area contributed by atoms with Crippen LogP contribution in [-0.4, -0.2) is 100 Å². The minimum absolute atomic E-state index is 0.159. The highest BCUT2D eigenvalue weighted by atomic mass is 16.5. The molecule has 3 N–H and O–H groups in total. The quantitative estimate of drug-likeness (QED) is 0.122. The molecule has 7 rings (SSSR count). The molecule has 0 saturated carbocycles. The fourth-order valence-corrected chi connectivity index (χ4v) is 7.77. The molecule has 2 saturated heterocycles. The number of piperazine rings is 1. The number of likely N-dealkylation sites (N-methyl/N-ethyl adjacent to an activating group) is 1. The molecule has 5 heterocycles. The number of hydrogen-bond donors (Lipinski definition) is 3. The van der Waals surface area contributed by atoms with Crippen molar-refractivity contribution in [1.29, 1.82) is 0 Å². The molecule has 0 atom stereocenters. The first-order chi connectivity index (χ1) is 27.9. The maximum atomic E-state index is 13.6. The van der Waals surface area contributed by atoms with Gasteiger partial charge in [0.25, 0.3) is 11.8 Å². The number of amides is 2. The number of ether oxygens (including phenoxy) is 2. The third-order valence-corrected chi connectivity index (χ3v) is 11.1. The molecule has 0 aliphatic carbocycles. The molecular weight excluding hydrogens is 719 g/mol. The third-order valence-electron chi connectivity index (χ3n) is 11.1. The second-order valence-electron chi connectivity index (χ2n) is 14.7. The zero-order valence-corrected chi connectivity index (χ0v) is 33.6. The number of rotatable bonds is 15. The number of nitrogens with one attached hydrogen (secondary N) is 3. The fraction of sp³-hybridized carbons (Fsp3) is 0.432. The molecule has 0 radical (unpaired) electrons. The van der Waals surface area contributed by atoms with Crippen molar-refractivity contribution in [3.8, 4) is 16.9 Å². The second kappa shape index (κ2) is 18.7. The molecule has 0 bridgehead atoms. The lowest BCUT2D eigenvalue weighted by molar-refractivity contribution is 0.0904. The number of aryl methyl sites for hydroxylation is 2. The van der Waals surface area contributed by atoms with E-state index in [2.05, 4.69) is 80.0 Å². The predicted octanol–water partition coefficient (Wildman–Crippen LogP) is 5.67. The Labute approximate surface area is 335 Å². The summed E-state index contributed by atoms with van der Waals surface area (Å²) in [5, 5.41) is 15.3. The highest BCUT2D eigenvalue weighted by Crippen LogP contribution is 2.33. The highest BCUT2D eigenvalue weighted by molar-refractivity contribution is 5.97. The molecule has 57 heavy (non-hydrogen) atoms. The Bertz CT molecular complexity index is 2170. The van der Waals surface area contributed by atoms with E-state index in [-0.39, 0.29) is 42.3 Å². The van der Waals surface area contributed by atoms with Gasteiger partial charge >= 0.3 is 0 Å². The molecule has 3 aromatic heterocycles. The second-order valence-corrected chi connectivity index (χ2v) is 14.7. The maximum Gasteiger partial charge on any atom is 0.270 e. The van der Waals surface area contributed by atoms with Crippen LogP contribution >= 0.6 is 0 Å². The van der Waals surface area contributed by atoms with Gasteiger partial charge in [-0.05, 0) is 79.8 Å². The van der Waals surface area contributed by atoms with Crippen molar-refractivity contribution in [2.45, 2.75) is 72.3 Å². The van der Waals surface area contributed by atoms with Gasteiger partial charge in [0, 0.05) is 88.4 Å². The van der Waals surface area contributed by atoms with Gasteiger partial charge < -0.3 is 30.3 Å². The van der Waals surface area contributed by atoms with Crippen LogP contribution in [0.3, 0.4) is 0 Å². The van der Waals surface area contributed by atoms with Crippen molar-refractivity contribution in [3.05, 3.63) is 101 Å². The summed E-state index contributed by atoms with van der Waals surface area (Å²) in [6, 6.07) is 19.7. The summed E-state index contributed by atoms with van der Waals surface area (Å²) in [5.74, 6) is 0.0211. The number of aromatic nitrogens is 4. The number of methoxy groups -OCH3 is 1. The Morgan fingerprint density at radius 3 is 2.25 bits per heavy atom. The summed E-state index contributed by atoms with van der Waals surface area (Å²) in [6.45, 7) is 15.3. The predicted molar refractivity (Wildman–Crippen MR) is 222 cm³/mol. The van der Waals surface area contributed by atoms with E-state index in [1.165, 1.54) is 5.56 Å². The van der Waals surface area contributed by atoms with Crippen LogP contribution in [0.2, 0.25) is 0 Å². The molecule has 2 aliphatic heterocycles. The van der Waals surface area contributed by atoms with E-state index < -0.39 is 0 Å². The van der Waals surface area contributed by atoms with Crippen LogP contribution in [0.5, 0.6) is 5.75 Å². The van der Waals surface area contributed by atoms with Crippen molar-refractivity contribution in [2.75, 3.05) is 58.4 Å². The summed E-state index contributed by atoms with van der Waals surface area (Å²) in [6.07, 6.45) is 4.32. The minimum Gasteiger partial charge on any atom is -0.496 e. The van der Waals surface area contributed by atoms with Crippen molar-refractivity contribution in [3.63, 3.8) is 0 Å². The van der Waals surface area contributed by atoms with Gasteiger partial charge in [0.1, 0.15) is 17.1 Å². The molecule has 0 spiro atoms. The number of carbonyl (C=O) groups excluding carboxylic acids is 2. The van der Waals surface area contributed by atoms with E-state index in [0.717, 1.165) is 103 Å². The summed E-state index contributed by atoms with van der Waals surface area (Å²) in [5.41, 5.74) is 8.11. The lowest BCUT2D eigenvalue weighted by atomic mass is 9.99. The highest BCUT2D eigenvalue weighted by Gasteiger charge is 2.23. The van der Waals surface area contributed by atoms with E-state index in [0.29, 0.717) is 26.2 Å². The molecular formula is C44H55N9O4. The van der Waals surface area contributed by atoms with Gasteiger partial charge in [-0.15, -0.1) is 0 Å². The molecule has 2 aromatic carbocycles. The SMILES string of the molecule is CCc1nc2c(cnn2CC)c(NC2CCOCC2)c1CNC(=O)c1cccc(C(=O)NCc2ccc(OC)c(-c3cccc(CN4CCN(CC)CC4)c3)c2)n1. The Hall–Kier alpha value is -5.37. The maximum absolute atomic E-state index is 13.6. The van der Waals surface area contributed by atoms with E-state index >= 15 is 0 Å². The lowest BCUT2D eigenvalue weighted by Gasteiger charge is -2.34. The van der Waals surface area contributed by atoms with Crippen LogP contribution in [0.15, 0.2) is 66.9 Å². The van der Waals surface area contributed by atoms with Gasteiger partial charge in [-0.2, -0.15) is 5.10 Å². The van der Waals surface area contributed by atoms with Gasteiger partial charge in [-0.25, -0.2) is 14.6 Å². The number of pyridine rings is 2. The van der Waals surface area contributed by atoms with Crippen LogP contribution in [0.25, 0.3) is 22.2 Å². The van der Waals surface area contributed by atoms with Crippen LogP contribution in [0.4, 0.5) is 5.69 Å². The van der Waals surface area contributed by atoms with Crippen LogP contribution in [-0.2, 0) is 37.3 Å². The fourth-order valence-electron chi connectivity index (χ4n) is 7.77. The first-order valence-corrected chi connectivity index (χ1v) is 20.3. The first kappa shape index (κ1) is 39.8. The zero-order chi connectivity index (χ0) is 39.7. The molecule has 0 unspecified atom stereocenters. The Morgan fingerprint density at radius 2 is 1.54 bits per heavy atom. The van der Waals surface area contributed by atoms with Crippen LogP contribution < -0.4 is 20.7 Å². The summed E-state index contributed by atoms with van der Waals surface area (Å²) in [4.78, 5) is 41.5. The van der Waals surface area contributed by atoms with Crippen molar-refractivity contribution in [2.24, 2.45) is 0 Å². The first-order valence-electron chi connectivity index (χ1n) is 20.3. The normalized spacial score (nSPS) is 15.4. The number of carbonyl (C=O) groups is 2. The van der Waals surface area contributed by atoms with Crippen molar-refractivity contribution in [1.82, 2.24) is 40.2 Å². The molecule has 13 nitrogen and oxygen atoms in total. The van der Waals surface area contributed by atoms with Crippen molar-refractivity contribution < 1.29 is 19.1 Å². The van der Waals surface area contributed by atoms with Crippen LogP contribution in [0.1, 0.15) is 77.0 Å². The Balaban J connectivity index is 1.02. The summed E-state index contributed by atoms with van der Waals surface area (Å²) >= 11 is 0. The zero-order valence-electron chi connectivity index (χ0n) is 33.6. The minimum atomic E-state index is -0.377. The van der Waals surface area contributed by atoms with Gasteiger partial charge in [0.2, 0.25) is 0 Å². The molecule has 13 heteroatoms. The summed E-state index contributed by atoms with van der Waals surface area (Å²) < 4.78 is 13.3. The van der Waals surface area contributed by atoms with Gasteiger partial charge in [0.05, 0.1) is 24.4 Å². The van der Waals surface area contributed by atoms with E-state index in [1.54, 1.807) is 25.3 Å².